The van der Waals surface area contributed by atoms with E-state index in [0.29, 0.717) is 12.2 Å². The number of carbonyl (C=O) groups excluding carboxylic acids is 1. The van der Waals surface area contributed by atoms with Gasteiger partial charge in [0.15, 0.2) is 0 Å². The first kappa shape index (κ1) is 12.4. The molecule has 0 aliphatic rings. The first-order valence-corrected chi connectivity index (χ1v) is 5.02. The molecule has 1 aromatic carbocycles. The number of urea groups is 1. The molecular formula is C11H16FN3O. The van der Waals surface area contributed by atoms with Gasteiger partial charge >= 0.3 is 6.03 Å². The number of amides is 2. The number of nitrogens with one attached hydrogen (secondary N) is 1. The van der Waals surface area contributed by atoms with Gasteiger partial charge in [-0.05, 0) is 31.2 Å². The van der Waals surface area contributed by atoms with Crippen LogP contribution in [0.2, 0.25) is 0 Å². The van der Waals surface area contributed by atoms with Crippen LogP contribution < -0.4 is 11.1 Å². The molecule has 16 heavy (non-hydrogen) atoms. The second-order valence-corrected chi connectivity index (χ2v) is 3.79. The molecule has 2 amide bonds. The van der Waals surface area contributed by atoms with Crippen LogP contribution in [0.25, 0.3) is 0 Å². The zero-order valence-corrected chi connectivity index (χ0v) is 9.40. The number of nitrogens with two attached hydrogens (primary N) is 1. The maximum atomic E-state index is 12.6. The second-order valence-electron chi connectivity index (χ2n) is 3.79. The molecule has 88 valence electrons. The van der Waals surface area contributed by atoms with Crippen LogP contribution in [0, 0.1) is 5.82 Å². The van der Waals surface area contributed by atoms with E-state index in [1.54, 1.807) is 7.05 Å². The molecule has 1 unspecified atom stereocenters. The zero-order chi connectivity index (χ0) is 12.1. The van der Waals surface area contributed by atoms with Gasteiger partial charge < -0.3 is 16.0 Å². The van der Waals surface area contributed by atoms with Gasteiger partial charge in [-0.2, -0.15) is 0 Å². The van der Waals surface area contributed by atoms with E-state index in [1.165, 1.54) is 29.2 Å². The summed E-state index contributed by atoms with van der Waals surface area (Å²) in [4.78, 5) is 13.1. The van der Waals surface area contributed by atoms with Crippen LogP contribution in [0.3, 0.4) is 0 Å². The molecule has 3 N–H and O–H groups in total. The Kier molecular flexibility index (Phi) is 4.25. The average molecular weight is 225 g/mol. The van der Waals surface area contributed by atoms with E-state index < -0.39 is 0 Å². The topological polar surface area (TPSA) is 58.4 Å². The van der Waals surface area contributed by atoms with E-state index in [0.717, 1.165) is 0 Å². The molecule has 4 nitrogen and oxygen atoms in total. The van der Waals surface area contributed by atoms with Gasteiger partial charge in [-0.15, -0.1) is 0 Å². The number of likely N-dealkylation sites (N-methyl/N-ethyl adjacent to an activating group) is 1. The molecule has 0 spiro atoms. The largest absolute Gasteiger partial charge is 0.326 e. The third kappa shape index (κ3) is 3.86. The fourth-order valence-corrected chi connectivity index (χ4v) is 1.27. The molecule has 0 bridgehead atoms. The summed E-state index contributed by atoms with van der Waals surface area (Å²) in [7, 11) is 1.65. The number of benzene rings is 1. The standard InChI is InChI=1S/C11H16FN3O/c1-8(13)7-15(2)11(16)14-10-5-3-9(12)4-6-10/h3-6,8H,7,13H2,1-2H3,(H,14,16). The lowest BCUT2D eigenvalue weighted by molar-refractivity contribution is 0.220. The molecule has 0 fully saturated rings. The predicted octanol–water partition coefficient (Wildman–Crippen LogP) is 1.64. The van der Waals surface area contributed by atoms with Crippen molar-refractivity contribution in [2.24, 2.45) is 5.73 Å². The number of halogens is 1. The van der Waals surface area contributed by atoms with Gasteiger partial charge in [-0.25, -0.2) is 9.18 Å². The number of anilines is 1. The average Bonchev–Trinajstić information content (AvgIpc) is 2.20. The van der Waals surface area contributed by atoms with Crippen LogP contribution in [0.15, 0.2) is 24.3 Å². The Bertz CT molecular complexity index is 351. The van der Waals surface area contributed by atoms with E-state index in [4.69, 9.17) is 5.73 Å². The summed E-state index contributed by atoms with van der Waals surface area (Å²) in [6.45, 7) is 2.29. The summed E-state index contributed by atoms with van der Waals surface area (Å²) in [6.07, 6.45) is 0. The van der Waals surface area contributed by atoms with Crippen LogP contribution in [0.1, 0.15) is 6.92 Å². The normalized spacial score (nSPS) is 12.0. The van der Waals surface area contributed by atoms with Crippen molar-refractivity contribution in [3.05, 3.63) is 30.1 Å². The van der Waals surface area contributed by atoms with Crippen LogP contribution in [0.4, 0.5) is 14.9 Å². The van der Waals surface area contributed by atoms with E-state index in [1.807, 2.05) is 6.92 Å². The maximum absolute atomic E-state index is 12.6. The van der Waals surface area contributed by atoms with Gasteiger partial charge in [0.25, 0.3) is 0 Å². The van der Waals surface area contributed by atoms with Crippen molar-refractivity contribution in [1.82, 2.24) is 4.90 Å². The molecule has 0 aliphatic carbocycles. The van der Waals surface area contributed by atoms with E-state index >= 15 is 0 Å². The number of carbonyl (C=O) groups is 1. The zero-order valence-electron chi connectivity index (χ0n) is 9.40. The number of nitrogens with zero attached hydrogens (tertiary/aromatic N) is 1. The first-order chi connectivity index (χ1) is 7.49. The number of rotatable bonds is 3. The molecule has 0 heterocycles. The molecular weight excluding hydrogens is 209 g/mol. The van der Waals surface area contributed by atoms with Crippen LogP contribution >= 0.6 is 0 Å². The van der Waals surface area contributed by atoms with Crippen molar-refractivity contribution in [2.75, 3.05) is 18.9 Å². The first-order valence-electron chi connectivity index (χ1n) is 5.02. The molecule has 0 saturated carbocycles. The molecule has 0 aliphatic heterocycles. The van der Waals surface area contributed by atoms with Gasteiger partial charge in [0.05, 0.1) is 0 Å². The van der Waals surface area contributed by atoms with E-state index in [2.05, 4.69) is 5.32 Å². The van der Waals surface area contributed by atoms with Gasteiger partial charge in [-0.3, -0.25) is 0 Å². The van der Waals surface area contributed by atoms with Gasteiger partial charge in [0, 0.05) is 25.3 Å². The van der Waals surface area contributed by atoms with Crippen LogP contribution in [0.5, 0.6) is 0 Å². The van der Waals surface area contributed by atoms with Crippen molar-refractivity contribution < 1.29 is 9.18 Å². The van der Waals surface area contributed by atoms with Gasteiger partial charge in [0.1, 0.15) is 5.82 Å². The lowest BCUT2D eigenvalue weighted by Crippen LogP contribution is -2.39. The highest BCUT2D eigenvalue weighted by Gasteiger charge is 2.09. The molecule has 1 aromatic rings. The minimum absolute atomic E-state index is 0.0797. The fraction of sp³-hybridized carbons (Fsp3) is 0.364. The van der Waals surface area contributed by atoms with Gasteiger partial charge in [-0.1, -0.05) is 0 Å². The monoisotopic (exact) mass is 225 g/mol. The Morgan fingerprint density at radius 3 is 2.56 bits per heavy atom. The van der Waals surface area contributed by atoms with Crippen LogP contribution in [-0.2, 0) is 0 Å². The molecule has 0 radical (unpaired) electrons. The highest BCUT2D eigenvalue weighted by Crippen LogP contribution is 2.08. The molecule has 0 saturated heterocycles. The summed E-state index contributed by atoms with van der Waals surface area (Å²) in [5.74, 6) is -0.332. The lowest BCUT2D eigenvalue weighted by atomic mass is 10.3. The molecule has 1 rings (SSSR count). The number of hydrogen-bond donors (Lipinski definition) is 2. The SMILES string of the molecule is CC(N)CN(C)C(=O)Nc1ccc(F)cc1. The number of hydrogen-bond acceptors (Lipinski definition) is 2. The Balaban J connectivity index is 2.54. The summed E-state index contributed by atoms with van der Waals surface area (Å²) in [5, 5.41) is 2.64. The molecule has 0 aromatic heterocycles. The third-order valence-electron chi connectivity index (χ3n) is 2.00. The lowest BCUT2D eigenvalue weighted by Gasteiger charge is -2.19. The fourth-order valence-electron chi connectivity index (χ4n) is 1.27. The minimum Gasteiger partial charge on any atom is -0.326 e. The molecule has 5 heteroatoms. The van der Waals surface area contributed by atoms with Crippen molar-refractivity contribution >= 4 is 11.7 Å². The van der Waals surface area contributed by atoms with Crippen molar-refractivity contribution in [2.45, 2.75) is 13.0 Å². The predicted molar refractivity (Wildman–Crippen MR) is 61.7 cm³/mol. The molecule has 1 atom stereocenters. The smallest absolute Gasteiger partial charge is 0.321 e. The maximum Gasteiger partial charge on any atom is 0.321 e. The summed E-state index contributed by atoms with van der Waals surface area (Å²) in [5.41, 5.74) is 6.13. The minimum atomic E-state index is -0.332. The summed E-state index contributed by atoms with van der Waals surface area (Å²) in [6, 6.07) is 5.26. The summed E-state index contributed by atoms with van der Waals surface area (Å²) < 4.78 is 12.6. The Morgan fingerprint density at radius 2 is 2.06 bits per heavy atom. The van der Waals surface area contributed by atoms with Crippen molar-refractivity contribution in [3.63, 3.8) is 0 Å². The highest BCUT2D eigenvalue weighted by molar-refractivity contribution is 5.89. The highest BCUT2D eigenvalue weighted by atomic mass is 19.1. The third-order valence-corrected chi connectivity index (χ3v) is 2.00. The van der Waals surface area contributed by atoms with Gasteiger partial charge in [0.2, 0.25) is 0 Å². The summed E-state index contributed by atoms with van der Waals surface area (Å²) >= 11 is 0. The van der Waals surface area contributed by atoms with Crippen LogP contribution in [-0.4, -0.2) is 30.6 Å². The Hall–Kier alpha value is -1.62. The quantitative estimate of drug-likeness (QED) is 0.821. The van der Waals surface area contributed by atoms with Crippen molar-refractivity contribution in [3.8, 4) is 0 Å². The second kappa shape index (κ2) is 5.46. The Labute approximate surface area is 94.2 Å². The van der Waals surface area contributed by atoms with E-state index in [-0.39, 0.29) is 17.9 Å². The Morgan fingerprint density at radius 1 is 1.50 bits per heavy atom. The van der Waals surface area contributed by atoms with Crippen molar-refractivity contribution in [1.29, 1.82) is 0 Å². The van der Waals surface area contributed by atoms with E-state index in [9.17, 15) is 9.18 Å².